The van der Waals surface area contributed by atoms with Crippen LogP contribution in [0.15, 0.2) is 176 Å². The predicted molar refractivity (Wildman–Crippen MR) is 359 cm³/mol. The highest BCUT2D eigenvalue weighted by Gasteiger charge is 2.32. The van der Waals surface area contributed by atoms with Gasteiger partial charge in [-0.05, 0) is 173 Å². The summed E-state index contributed by atoms with van der Waals surface area (Å²) >= 11 is 0. The topological polar surface area (TPSA) is 343 Å². The van der Waals surface area contributed by atoms with Crippen LogP contribution in [-0.2, 0) is 6.18 Å². The van der Waals surface area contributed by atoms with Gasteiger partial charge in [0, 0.05) is 60.6 Å². The Morgan fingerprint density at radius 3 is 0.870 bits per heavy atom. The van der Waals surface area contributed by atoms with Crippen LogP contribution in [0.2, 0.25) is 0 Å². The summed E-state index contributed by atoms with van der Waals surface area (Å²) in [5.41, 5.74) is 5.09. The largest absolute Gasteiger partial charge is 0.416 e. The molecule has 19 heteroatoms. The van der Waals surface area contributed by atoms with E-state index in [1.807, 2.05) is 39.5 Å². The van der Waals surface area contributed by atoms with E-state index in [9.17, 15) is 86.8 Å². The van der Waals surface area contributed by atoms with Crippen LogP contribution < -0.4 is 0 Å². The van der Waals surface area contributed by atoms with Gasteiger partial charge >= 0.3 is 6.18 Å². The fourth-order valence-corrected chi connectivity index (χ4v) is 13.2. The lowest BCUT2D eigenvalue weighted by atomic mass is 9.91. The van der Waals surface area contributed by atoms with Crippen LogP contribution >= 0.6 is 0 Å². The zero-order chi connectivity index (χ0) is 70.4. The van der Waals surface area contributed by atoms with Crippen LogP contribution in [0.1, 0.15) is 83.5 Å². The van der Waals surface area contributed by atoms with Gasteiger partial charge in [0.15, 0.2) is 0 Å². The summed E-state index contributed by atoms with van der Waals surface area (Å²) < 4.78 is 46.8. The number of nitriles is 14. The summed E-state index contributed by atoms with van der Waals surface area (Å²) in [4.78, 5) is 0. The minimum atomic E-state index is -4.82. The number of fused-ring (bicyclic) bond motifs is 6. The first-order chi connectivity index (χ1) is 48.5. The Morgan fingerprint density at radius 1 is 0.240 bits per heavy atom. The van der Waals surface area contributed by atoms with E-state index in [0.29, 0.717) is 77.2 Å². The second-order valence-corrected chi connectivity index (χ2v) is 22.7. The van der Waals surface area contributed by atoms with Gasteiger partial charge in [0.05, 0.1) is 196 Å². The van der Waals surface area contributed by atoms with Crippen LogP contribution in [0.4, 0.5) is 13.2 Å². The van der Waals surface area contributed by atoms with Gasteiger partial charge in [0.2, 0.25) is 0 Å². The second-order valence-electron chi connectivity index (χ2n) is 22.7. The van der Waals surface area contributed by atoms with Crippen molar-refractivity contribution in [2.45, 2.75) is 6.18 Å². The molecule has 100 heavy (non-hydrogen) atoms. The van der Waals surface area contributed by atoms with Crippen molar-refractivity contribution < 1.29 is 13.2 Å². The SMILES string of the molecule is N#Cc1cc(C#N)c(-c2ccc3c(c2)c2cc(-c4c(C#N)cc(C#N)cc4C#N)ccc2n3-c2ccc(C#N)c(-c3cc(-c4ccc(C(F)(F)F)cc4C#N)ccc3-n3c4ccc(-c5c(C#N)cc(C#N)cc5C#N)cc4c4cc(-c5c(C#N)cc(C#N)cc5C#N)ccc43)c2)c(C#N)c1. The molecule has 0 unspecified atom stereocenters. The average Bonchev–Trinajstić information content (AvgIpc) is 1.52. The van der Waals surface area contributed by atoms with Crippen molar-refractivity contribution in [3.05, 3.63) is 259 Å². The van der Waals surface area contributed by atoms with Gasteiger partial charge in [-0.1, -0.05) is 36.4 Å². The zero-order valence-corrected chi connectivity index (χ0v) is 51.0. The molecule has 11 aromatic carbocycles. The molecule has 16 nitrogen and oxygen atoms in total. The molecule has 0 atom stereocenters. The molecular formula is C81H29F3N16. The van der Waals surface area contributed by atoms with Crippen LogP contribution in [0.5, 0.6) is 0 Å². The first kappa shape index (κ1) is 62.5. The van der Waals surface area contributed by atoms with Gasteiger partial charge in [-0.15, -0.1) is 0 Å². The minimum absolute atomic E-state index is 0.0142. The highest BCUT2D eigenvalue weighted by molar-refractivity contribution is 6.14. The molecule has 0 radical (unpaired) electrons. The summed E-state index contributed by atoms with van der Waals surface area (Å²) in [5.74, 6) is 0. The maximum Gasteiger partial charge on any atom is 0.416 e. The highest BCUT2D eigenvalue weighted by atomic mass is 19.4. The lowest BCUT2D eigenvalue weighted by Crippen LogP contribution is -2.05. The summed E-state index contributed by atoms with van der Waals surface area (Å²) in [6.45, 7) is 0. The van der Waals surface area contributed by atoms with Gasteiger partial charge in [0.1, 0.15) is 0 Å². The van der Waals surface area contributed by atoms with Crippen molar-refractivity contribution in [2.75, 3.05) is 0 Å². The fraction of sp³-hybridized carbons (Fsp3) is 0.0123. The molecule has 0 spiro atoms. The normalized spacial score (nSPS) is 10.6. The third-order valence-corrected chi connectivity index (χ3v) is 17.4. The molecule has 0 saturated carbocycles. The average molecular weight is 1280 g/mol. The van der Waals surface area contributed by atoms with Crippen molar-refractivity contribution >= 4 is 43.6 Å². The van der Waals surface area contributed by atoms with E-state index >= 15 is 0 Å². The van der Waals surface area contributed by atoms with Crippen molar-refractivity contribution in [3.63, 3.8) is 0 Å². The van der Waals surface area contributed by atoms with E-state index in [2.05, 4.69) is 54.6 Å². The fourth-order valence-electron chi connectivity index (χ4n) is 13.2. The van der Waals surface area contributed by atoms with Crippen molar-refractivity contribution in [3.8, 4) is 163 Å². The first-order valence-electron chi connectivity index (χ1n) is 29.6. The third-order valence-electron chi connectivity index (χ3n) is 17.4. The maximum atomic E-state index is 14.4. The molecule has 0 saturated heterocycles. The molecule has 0 N–H and O–H groups in total. The van der Waals surface area contributed by atoms with Crippen molar-refractivity contribution in [1.82, 2.24) is 9.13 Å². The van der Waals surface area contributed by atoms with Crippen LogP contribution in [0, 0.1) is 159 Å². The Balaban J connectivity index is 1.14. The summed E-state index contributed by atoms with van der Waals surface area (Å²) in [7, 11) is 0. The van der Waals surface area contributed by atoms with Crippen LogP contribution in [0.25, 0.3) is 122 Å². The number of halogens is 3. The smallest absolute Gasteiger partial charge is 0.309 e. The van der Waals surface area contributed by atoms with Gasteiger partial charge < -0.3 is 9.13 Å². The number of nitrogens with zero attached hydrogens (tertiary/aromatic N) is 16. The van der Waals surface area contributed by atoms with Gasteiger partial charge in [-0.3, -0.25) is 0 Å². The molecule has 2 heterocycles. The molecule has 0 aliphatic rings. The van der Waals surface area contributed by atoms with Gasteiger partial charge in [-0.2, -0.15) is 86.8 Å². The molecule has 13 aromatic rings. The first-order valence-corrected chi connectivity index (χ1v) is 29.6. The number of rotatable bonds is 8. The quantitative estimate of drug-likeness (QED) is 0.136. The Bertz CT molecular complexity index is 6150. The molecule has 13 rings (SSSR count). The highest BCUT2D eigenvalue weighted by Crippen LogP contribution is 2.46. The van der Waals surface area contributed by atoms with E-state index in [0.717, 1.165) is 12.1 Å². The molecule has 0 amide bonds. The second kappa shape index (κ2) is 24.6. The number of alkyl halides is 3. The Kier molecular flexibility index (Phi) is 15.4. The molecule has 2 aromatic heterocycles. The van der Waals surface area contributed by atoms with Gasteiger partial charge in [-0.25, -0.2) is 0 Å². The number of aromatic nitrogens is 2. The van der Waals surface area contributed by atoms with E-state index < -0.39 is 11.7 Å². The molecular weight excluding hydrogens is 1250 g/mol. The number of hydrogen-bond donors (Lipinski definition) is 0. The molecule has 454 valence electrons. The van der Waals surface area contributed by atoms with Crippen molar-refractivity contribution in [1.29, 1.82) is 73.7 Å². The lowest BCUT2D eigenvalue weighted by Gasteiger charge is -2.19. The van der Waals surface area contributed by atoms with Crippen LogP contribution in [-0.4, -0.2) is 9.13 Å². The minimum Gasteiger partial charge on any atom is -0.309 e. The zero-order valence-electron chi connectivity index (χ0n) is 51.0. The third kappa shape index (κ3) is 10.2. The van der Waals surface area contributed by atoms with Gasteiger partial charge in [0.25, 0.3) is 0 Å². The molecule has 0 aliphatic carbocycles. The Labute approximate surface area is 565 Å². The van der Waals surface area contributed by atoms with Crippen molar-refractivity contribution in [2.24, 2.45) is 0 Å². The Morgan fingerprint density at radius 2 is 0.560 bits per heavy atom. The van der Waals surface area contributed by atoms with E-state index in [1.54, 1.807) is 109 Å². The summed E-state index contributed by atoms with van der Waals surface area (Å²) in [6.07, 6.45) is -4.82. The summed E-state index contributed by atoms with van der Waals surface area (Å²) in [5, 5.41) is 147. The molecule has 0 fully saturated rings. The van der Waals surface area contributed by atoms with E-state index in [4.69, 9.17) is 0 Å². The number of hydrogen-bond acceptors (Lipinski definition) is 14. The molecule has 0 bridgehead atoms. The standard InChI is InChI=1S/C81H29F3N16/c82-81(83,84)63-7-9-65(54(23-63)35-90)48-2-10-74(100-75-13-5-51(79-59(40-95)19-46(32-87)20-60(79)41-96)27-70(75)71-28-52(6-14-76(71)100)80-61(42-97)21-47(33-88)22-62(80)43-98)67(24-48)66-29-64(8-1-53(66)34-89)99-72-11-3-49(77-55(36-91)15-44(30-85)16-56(77)37-92)25-68(72)69-26-50(4-12-73(69)99)78-57(38-93)17-45(31-86)18-58(78)39-94/h1-29H. The van der Waals surface area contributed by atoms with E-state index in [-0.39, 0.29) is 122 Å². The Hall–Kier alpha value is -16.3. The molecule has 0 aliphatic heterocycles. The predicted octanol–water partition coefficient (Wildman–Crippen LogP) is 17.1. The summed E-state index contributed by atoms with van der Waals surface area (Å²) in [6, 6.07) is 73.5. The lowest BCUT2D eigenvalue weighted by molar-refractivity contribution is -0.137. The van der Waals surface area contributed by atoms with E-state index in [1.165, 1.54) is 54.6 Å². The number of benzene rings is 11. The maximum absolute atomic E-state index is 14.4. The van der Waals surface area contributed by atoms with Crippen LogP contribution in [0.3, 0.4) is 0 Å². The monoisotopic (exact) mass is 1280 g/mol.